The Hall–Kier alpha value is -0.570. The van der Waals surface area contributed by atoms with Gasteiger partial charge in [0, 0.05) is 0 Å². The number of carbonyl (C=O) groups is 1. The Balaban J connectivity index is 3.46. The second kappa shape index (κ2) is 6.00. The van der Waals surface area contributed by atoms with E-state index in [1.54, 1.807) is 6.92 Å². The lowest BCUT2D eigenvalue weighted by Gasteiger charge is -2.13. The smallest absolute Gasteiger partial charge is 0.332 e. The third-order valence-corrected chi connectivity index (χ3v) is 1.76. The normalized spacial score (nSPS) is 15.6. The zero-order valence-electron chi connectivity index (χ0n) is 8.04. The van der Waals surface area contributed by atoms with Crippen LogP contribution in [0.2, 0.25) is 0 Å². The molecule has 0 saturated heterocycles. The predicted molar refractivity (Wildman–Crippen MR) is 47.1 cm³/mol. The number of carboxylic acid groups (broad SMARTS) is 1. The summed E-state index contributed by atoms with van der Waals surface area (Å²) in [6, 6.07) is 0. The molecule has 0 saturated carbocycles. The molecular formula is C9H18O3. The van der Waals surface area contributed by atoms with Gasteiger partial charge in [0.1, 0.15) is 0 Å². The molecule has 0 amide bonds. The van der Waals surface area contributed by atoms with E-state index in [-0.39, 0.29) is 0 Å². The van der Waals surface area contributed by atoms with Gasteiger partial charge in [-0.2, -0.15) is 0 Å². The van der Waals surface area contributed by atoms with Gasteiger partial charge in [-0.15, -0.1) is 0 Å². The maximum Gasteiger partial charge on any atom is 0.332 e. The topological polar surface area (TPSA) is 46.5 Å². The van der Waals surface area contributed by atoms with Crippen LogP contribution in [-0.4, -0.2) is 23.8 Å². The molecule has 0 bridgehead atoms. The van der Waals surface area contributed by atoms with Crippen molar-refractivity contribution in [2.45, 2.75) is 39.7 Å². The first-order valence-electron chi connectivity index (χ1n) is 4.42. The van der Waals surface area contributed by atoms with Gasteiger partial charge < -0.3 is 9.84 Å². The molecule has 0 fully saturated rings. The maximum atomic E-state index is 10.3. The van der Waals surface area contributed by atoms with Gasteiger partial charge >= 0.3 is 5.97 Å². The highest BCUT2D eigenvalue weighted by atomic mass is 16.5. The Labute approximate surface area is 73.7 Å². The lowest BCUT2D eigenvalue weighted by molar-refractivity contribution is -0.149. The largest absolute Gasteiger partial charge is 0.479 e. The summed E-state index contributed by atoms with van der Waals surface area (Å²) in [5.41, 5.74) is 0. The minimum atomic E-state index is -0.890. The van der Waals surface area contributed by atoms with Crippen molar-refractivity contribution in [2.75, 3.05) is 6.61 Å². The van der Waals surface area contributed by atoms with E-state index in [4.69, 9.17) is 9.84 Å². The van der Waals surface area contributed by atoms with Crippen molar-refractivity contribution in [3.05, 3.63) is 0 Å². The monoisotopic (exact) mass is 174 g/mol. The summed E-state index contributed by atoms with van der Waals surface area (Å²) in [7, 11) is 0. The molecule has 1 N–H and O–H groups in total. The van der Waals surface area contributed by atoms with Gasteiger partial charge in [-0.25, -0.2) is 4.79 Å². The third-order valence-electron chi connectivity index (χ3n) is 1.76. The standard InChI is InChI=1S/C9H18O3/c1-4-5-7(2)6-12-8(3)9(10)11/h7-8H,4-6H2,1-3H3,(H,10,11)/t7?,8-/m1/s1. The van der Waals surface area contributed by atoms with E-state index < -0.39 is 12.1 Å². The highest BCUT2D eigenvalue weighted by Gasteiger charge is 2.12. The number of hydrogen-bond acceptors (Lipinski definition) is 2. The van der Waals surface area contributed by atoms with Crippen LogP contribution in [-0.2, 0) is 9.53 Å². The van der Waals surface area contributed by atoms with Crippen LogP contribution in [0.25, 0.3) is 0 Å². The molecule has 1 unspecified atom stereocenters. The lowest BCUT2D eigenvalue weighted by Crippen LogP contribution is -2.22. The van der Waals surface area contributed by atoms with Crippen LogP contribution in [0.15, 0.2) is 0 Å². The van der Waals surface area contributed by atoms with Gasteiger partial charge in [-0.05, 0) is 19.3 Å². The quantitative estimate of drug-likeness (QED) is 0.669. The fourth-order valence-corrected chi connectivity index (χ4v) is 0.956. The van der Waals surface area contributed by atoms with E-state index in [1.165, 1.54) is 0 Å². The van der Waals surface area contributed by atoms with Gasteiger partial charge in [-0.3, -0.25) is 0 Å². The fourth-order valence-electron chi connectivity index (χ4n) is 0.956. The van der Waals surface area contributed by atoms with Crippen LogP contribution in [0.5, 0.6) is 0 Å². The Morgan fingerprint density at radius 1 is 1.50 bits per heavy atom. The van der Waals surface area contributed by atoms with Crippen LogP contribution < -0.4 is 0 Å². The Kier molecular flexibility index (Phi) is 5.72. The van der Waals surface area contributed by atoms with Crippen molar-refractivity contribution in [3.8, 4) is 0 Å². The first-order chi connectivity index (χ1) is 5.57. The molecule has 12 heavy (non-hydrogen) atoms. The number of aliphatic carboxylic acids is 1. The molecule has 0 aromatic carbocycles. The number of ether oxygens (including phenoxy) is 1. The van der Waals surface area contributed by atoms with Crippen LogP contribution in [0.4, 0.5) is 0 Å². The van der Waals surface area contributed by atoms with Crippen molar-refractivity contribution in [1.82, 2.24) is 0 Å². The molecule has 0 radical (unpaired) electrons. The summed E-state index contributed by atoms with van der Waals surface area (Å²) in [5, 5.41) is 8.50. The summed E-state index contributed by atoms with van der Waals surface area (Å²) in [6.45, 7) is 6.28. The summed E-state index contributed by atoms with van der Waals surface area (Å²) >= 11 is 0. The van der Waals surface area contributed by atoms with Crippen molar-refractivity contribution in [3.63, 3.8) is 0 Å². The van der Waals surface area contributed by atoms with E-state index in [9.17, 15) is 4.79 Å². The number of rotatable bonds is 6. The average molecular weight is 174 g/mol. The molecule has 0 rings (SSSR count). The summed E-state index contributed by atoms with van der Waals surface area (Å²) < 4.78 is 5.12. The van der Waals surface area contributed by atoms with Crippen molar-refractivity contribution in [1.29, 1.82) is 0 Å². The Morgan fingerprint density at radius 3 is 2.50 bits per heavy atom. The third kappa shape index (κ3) is 5.13. The molecule has 0 heterocycles. The van der Waals surface area contributed by atoms with Crippen molar-refractivity contribution >= 4 is 5.97 Å². The molecular weight excluding hydrogens is 156 g/mol. The Bertz CT molecular complexity index is 134. The molecule has 2 atom stereocenters. The molecule has 3 nitrogen and oxygen atoms in total. The predicted octanol–water partition coefficient (Wildman–Crippen LogP) is 1.91. The molecule has 0 aromatic rings. The van der Waals surface area contributed by atoms with Gasteiger partial charge in [0.15, 0.2) is 6.10 Å². The van der Waals surface area contributed by atoms with Crippen LogP contribution in [0.3, 0.4) is 0 Å². The van der Waals surface area contributed by atoms with E-state index in [0.29, 0.717) is 12.5 Å². The molecule has 0 aromatic heterocycles. The van der Waals surface area contributed by atoms with Gasteiger partial charge in [0.2, 0.25) is 0 Å². The highest BCUT2D eigenvalue weighted by Crippen LogP contribution is 2.06. The molecule has 3 heteroatoms. The van der Waals surface area contributed by atoms with E-state index >= 15 is 0 Å². The van der Waals surface area contributed by atoms with E-state index in [1.807, 2.05) is 0 Å². The minimum Gasteiger partial charge on any atom is -0.479 e. The van der Waals surface area contributed by atoms with Crippen LogP contribution >= 0.6 is 0 Å². The van der Waals surface area contributed by atoms with E-state index in [0.717, 1.165) is 12.8 Å². The molecule has 72 valence electrons. The summed E-state index contributed by atoms with van der Waals surface area (Å²) in [5.74, 6) is -0.435. The van der Waals surface area contributed by atoms with Crippen molar-refractivity contribution < 1.29 is 14.6 Å². The molecule has 0 aliphatic rings. The molecule has 0 aliphatic heterocycles. The summed E-state index contributed by atoms with van der Waals surface area (Å²) in [4.78, 5) is 10.3. The second-order valence-electron chi connectivity index (χ2n) is 3.21. The highest BCUT2D eigenvalue weighted by molar-refractivity contribution is 5.71. The fraction of sp³-hybridized carbons (Fsp3) is 0.889. The van der Waals surface area contributed by atoms with E-state index in [2.05, 4.69) is 13.8 Å². The SMILES string of the molecule is CCCC(C)CO[C@H](C)C(=O)O. The summed E-state index contributed by atoms with van der Waals surface area (Å²) in [6.07, 6.45) is 1.53. The zero-order valence-corrected chi connectivity index (χ0v) is 8.04. The first-order valence-corrected chi connectivity index (χ1v) is 4.42. The molecule has 0 spiro atoms. The zero-order chi connectivity index (χ0) is 9.56. The van der Waals surface area contributed by atoms with Gasteiger partial charge in [0.05, 0.1) is 6.61 Å². The maximum absolute atomic E-state index is 10.3. The van der Waals surface area contributed by atoms with Crippen molar-refractivity contribution in [2.24, 2.45) is 5.92 Å². The average Bonchev–Trinajstić information content (AvgIpc) is 2.00. The Morgan fingerprint density at radius 2 is 2.08 bits per heavy atom. The number of carboxylic acids is 1. The molecule has 0 aliphatic carbocycles. The van der Waals surface area contributed by atoms with Gasteiger partial charge in [-0.1, -0.05) is 20.3 Å². The number of hydrogen-bond donors (Lipinski definition) is 1. The second-order valence-corrected chi connectivity index (χ2v) is 3.21. The van der Waals surface area contributed by atoms with Gasteiger partial charge in [0.25, 0.3) is 0 Å². The van der Waals surface area contributed by atoms with Crippen LogP contribution in [0, 0.1) is 5.92 Å². The van der Waals surface area contributed by atoms with Crippen LogP contribution in [0.1, 0.15) is 33.6 Å². The first kappa shape index (κ1) is 11.4. The minimum absolute atomic E-state index is 0.455. The lowest BCUT2D eigenvalue weighted by atomic mass is 10.1.